The molecule has 1 aliphatic heterocycles. The van der Waals surface area contributed by atoms with Gasteiger partial charge in [0, 0.05) is 19.1 Å². The molecule has 1 aromatic rings. The SMILES string of the molecule is CCCN(CC1CCCCN1)C(=O)c1scc(C)c1Cl. The van der Waals surface area contributed by atoms with E-state index in [1.54, 1.807) is 0 Å². The third-order valence-electron chi connectivity index (χ3n) is 3.73. The molecule has 2 heterocycles. The van der Waals surface area contributed by atoms with Crippen LogP contribution in [-0.2, 0) is 0 Å². The summed E-state index contributed by atoms with van der Waals surface area (Å²) in [5.74, 6) is 0.0855. The van der Waals surface area contributed by atoms with Gasteiger partial charge in [0.1, 0.15) is 4.88 Å². The third kappa shape index (κ3) is 3.74. The predicted molar refractivity (Wildman–Crippen MR) is 85.9 cm³/mol. The van der Waals surface area contributed by atoms with E-state index in [1.807, 2.05) is 17.2 Å². The lowest BCUT2D eigenvalue weighted by molar-refractivity contribution is 0.0736. The van der Waals surface area contributed by atoms with E-state index in [9.17, 15) is 4.79 Å². The smallest absolute Gasteiger partial charge is 0.265 e. The Morgan fingerprint density at radius 3 is 2.90 bits per heavy atom. The molecule has 1 amide bonds. The molecule has 5 heteroatoms. The molecule has 1 aliphatic rings. The summed E-state index contributed by atoms with van der Waals surface area (Å²) in [5.41, 5.74) is 0.993. The Morgan fingerprint density at radius 2 is 2.35 bits per heavy atom. The molecule has 0 saturated carbocycles. The standard InChI is InChI=1S/C15H23ClN2OS/c1-3-8-18(9-12-6-4-5-7-17-12)15(19)14-13(16)11(2)10-20-14/h10,12,17H,3-9H2,1-2H3. The maximum Gasteiger partial charge on any atom is 0.265 e. The molecule has 1 fully saturated rings. The van der Waals surface area contributed by atoms with Gasteiger partial charge in [0.25, 0.3) is 5.91 Å². The van der Waals surface area contributed by atoms with Crippen molar-refractivity contribution < 1.29 is 4.79 Å². The second-order valence-electron chi connectivity index (χ2n) is 5.46. The third-order valence-corrected chi connectivity index (χ3v) is 5.41. The highest BCUT2D eigenvalue weighted by atomic mass is 35.5. The maximum atomic E-state index is 12.7. The Kier molecular flexibility index (Phi) is 5.87. The lowest BCUT2D eigenvalue weighted by Gasteiger charge is -2.30. The minimum absolute atomic E-state index is 0.0855. The van der Waals surface area contributed by atoms with Crippen LogP contribution < -0.4 is 5.32 Å². The van der Waals surface area contributed by atoms with Gasteiger partial charge in [0.15, 0.2) is 0 Å². The number of rotatable bonds is 5. The molecule has 1 unspecified atom stereocenters. The minimum atomic E-state index is 0.0855. The first kappa shape index (κ1) is 15.8. The molecule has 1 N–H and O–H groups in total. The van der Waals surface area contributed by atoms with Crippen LogP contribution in [0.4, 0.5) is 0 Å². The van der Waals surface area contributed by atoms with Crippen molar-refractivity contribution in [2.75, 3.05) is 19.6 Å². The lowest BCUT2D eigenvalue weighted by Crippen LogP contribution is -2.46. The van der Waals surface area contributed by atoms with Gasteiger partial charge in [0.2, 0.25) is 0 Å². The molecule has 2 rings (SSSR count). The monoisotopic (exact) mass is 314 g/mol. The summed E-state index contributed by atoms with van der Waals surface area (Å²) in [7, 11) is 0. The molecular formula is C15H23ClN2OS. The van der Waals surface area contributed by atoms with Crippen LogP contribution in [0, 0.1) is 6.92 Å². The van der Waals surface area contributed by atoms with Gasteiger partial charge in [0.05, 0.1) is 5.02 Å². The van der Waals surface area contributed by atoms with E-state index in [2.05, 4.69) is 12.2 Å². The average molecular weight is 315 g/mol. The molecule has 1 atom stereocenters. The van der Waals surface area contributed by atoms with Crippen LogP contribution in [-0.4, -0.2) is 36.5 Å². The van der Waals surface area contributed by atoms with Crippen LogP contribution in [0.3, 0.4) is 0 Å². The highest BCUT2D eigenvalue weighted by molar-refractivity contribution is 7.13. The molecule has 3 nitrogen and oxygen atoms in total. The molecule has 0 radical (unpaired) electrons. The van der Waals surface area contributed by atoms with Crippen LogP contribution in [0.5, 0.6) is 0 Å². The summed E-state index contributed by atoms with van der Waals surface area (Å²) in [4.78, 5) is 15.3. The van der Waals surface area contributed by atoms with Crippen molar-refractivity contribution in [3.05, 3.63) is 20.8 Å². The van der Waals surface area contributed by atoms with E-state index in [0.29, 0.717) is 15.9 Å². The van der Waals surface area contributed by atoms with Gasteiger partial charge < -0.3 is 10.2 Å². The van der Waals surface area contributed by atoms with E-state index < -0.39 is 0 Å². The number of amides is 1. The van der Waals surface area contributed by atoms with Crippen molar-refractivity contribution in [3.63, 3.8) is 0 Å². The number of nitrogens with one attached hydrogen (secondary N) is 1. The Labute approximate surface area is 130 Å². The molecule has 0 aromatic carbocycles. The van der Waals surface area contributed by atoms with Gasteiger partial charge in [-0.25, -0.2) is 0 Å². The van der Waals surface area contributed by atoms with Crippen molar-refractivity contribution in [1.82, 2.24) is 10.2 Å². The number of piperidine rings is 1. The zero-order valence-corrected chi connectivity index (χ0v) is 13.8. The van der Waals surface area contributed by atoms with Crippen LogP contribution in [0.15, 0.2) is 5.38 Å². The largest absolute Gasteiger partial charge is 0.336 e. The lowest BCUT2D eigenvalue weighted by atomic mass is 10.0. The highest BCUT2D eigenvalue weighted by Gasteiger charge is 2.24. The number of hydrogen-bond acceptors (Lipinski definition) is 3. The van der Waals surface area contributed by atoms with E-state index in [0.717, 1.165) is 38.0 Å². The van der Waals surface area contributed by atoms with Gasteiger partial charge in [-0.2, -0.15) is 0 Å². The van der Waals surface area contributed by atoms with Gasteiger partial charge in [-0.15, -0.1) is 11.3 Å². The quantitative estimate of drug-likeness (QED) is 0.898. The second kappa shape index (κ2) is 7.43. The summed E-state index contributed by atoms with van der Waals surface area (Å²) >= 11 is 7.69. The Morgan fingerprint density at radius 1 is 1.55 bits per heavy atom. The fourth-order valence-electron chi connectivity index (χ4n) is 2.61. The molecule has 0 aliphatic carbocycles. The van der Waals surface area contributed by atoms with E-state index >= 15 is 0 Å². The molecule has 20 heavy (non-hydrogen) atoms. The van der Waals surface area contributed by atoms with Crippen molar-refractivity contribution in [2.24, 2.45) is 0 Å². The first-order valence-corrected chi connectivity index (χ1v) is 8.65. The summed E-state index contributed by atoms with van der Waals surface area (Å²) in [6.45, 7) is 6.71. The number of halogens is 1. The fraction of sp³-hybridized carbons (Fsp3) is 0.667. The summed E-state index contributed by atoms with van der Waals surface area (Å²) < 4.78 is 0. The molecule has 0 bridgehead atoms. The van der Waals surface area contributed by atoms with E-state index in [4.69, 9.17) is 11.6 Å². The molecular weight excluding hydrogens is 292 g/mol. The highest BCUT2D eigenvalue weighted by Crippen LogP contribution is 2.28. The number of hydrogen-bond donors (Lipinski definition) is 1. The van der Waals surface area contributed by atoms with Crippen molar-refractivity contribution in [1.29, 1.82) is 0 Å². The average Bonchev–Trinajstić information content (AvgIpc) is 2.79. The molecule has 0 spiro atoms. The first-order chi connectivity index (χ1) is 9.63. The van der Waals surface area contributed by atoms with Crippen LogP contribution in [0.1, 0.15) is 47.8 Å². The van der Waals surface area contributed by atoms with Crippen LogP contribution in [0.25, 0.3) is 0 Å². The first-order valence-electron chi connectivity index (χ1n) is 7.39. The van der Waals surface area contributed by atoms with Crippen molar-refractivity contribution in [3.8, 4) is 0 Å². The van der Waals surface area contributed by atoms with Crippen LogP contribution in [0.2, 0.25) is 5.02 Å². The number of carbonyl (C=O) groups is 1. The Bertz CT molecular complexity index is 455. The van der Waals surface area contributed by atoms with E-state index in [1.165, 1.54) is 24.2 Å². The molecule has 1 saturated heterocycles. The number of thiophene rings is 1. The van der Waals surface area contributed by atoms with Gasteiger partial charge >= 0.3 is 0 Å². The Balaban J connectivity index is 2.06. The predicted octanol–water partition coefficient (Wildman–Crippen LogP) is 3.70. The van der Waals surface area contributed by atoms with E-state index in [-0.39, 0.29) is 5.91 Å². The number of carbonyl (C=O) groups excluding carboxylic acids is 1. The van der Waals surface area contributed by atoms with Crippen LogP contribution >= 0.6 is 22.9 Å². The summed E-state index contributed by atoms with van der Waals surface area (Å²) in [5, 5.41) is 6.09. The molecule has 1 aromatic heterocycles. The zero-order chi connectivity index (χ0) is 14.5. The molecule has 112 valence electrons. The number of aryl methyl sites for hydroxylation is 1. The van der Waals surface area contributed by atoms with Crippen molar-refractivity contribution in [2.45, 2.75) is 45.6 Å². The fourth-order valence-corrected chi connectivity index (χ4v) is 3.85. The normalized spacial score (nSPS) is 19.1. The van der Waals surface area contributed by atoms with Gasteiger partial charge in [-0.3, -0.25) is 4.79 Å². The second-order valence-corrected chi connectivity index (χ2v) is 6.72. The van der Waals surface area contributed by atoms with Gasteiger partial charge in [-0.1, -0.05) is 24.9 Å². The Hall–Kier alpha value is -0.580. The van der Waals surface area contributed by atoms with Gasteiger partial charge in [-0.05, 0) is 43.7 Å². The topological polar surface area (TPSA) is 32.3 Å². The minimum Gasteiger partial charge on any atom is -0.336 e. The summed E-state index contributed by atoms with van der Waals surface area (Å²) in [6, 6.07) is 0.430. The summed E-state index contributed by atoms with van der Waals surface area (Å²) in [6.07, 6.45) is 4.63. The maximum absolute atomic E-state index is 12.7. The number of nitrogens with zero attached hydrogens (tertiary/aromatic N) is 1. The van der Waals surface area contributed by atoms with Crippen molar-refractivity contribution >= 4 is 28.8 Å². The zero-order valence-electron chi connectivity index (χ0n) is 12.2.